The number of hydrogen-bond acceptors (Lipinski definition) is 4. The van der Waals surface area contributed by atoms with Gasteiger partial charge in [0.2, 0.25) is 5.91 Å². The van der Waals surface area contributed by atoms with Crippen LogP contribution in [0.4, 0.5) is 5.69 Å². The Hall–Kier alpha value is -1.89. The number of carbonyl (C=O) groups excluding carboxylic acids is 1. The Morgan fingerprint density at radius 3 is 2.39 bits per heavy atom. The van der Waals surface area contributed by atoms with Crippen LogP contribution in [0.1, 0.15) is 0 Å². The van der Waals surface area contributed by atoms with E-state index in [-0.39, 0.29) is 5.75 Å². The predicted molar refractivity (Wildman–Crippen MR) is 67.1 cm³/mol. The molecular formula is C11H13NO5S. The lowest BCUT2D eigenvalue weighted by molar-refractivity contribution is -0.133. The molecule has 0 fully saturated rings. The molecular weight excluding hydrogens is 258 g/mol. The minimum atomic E-state index is -1.70. The Morgan fingerprint density at radius 2 is 1.89 bits per heavy atom. The summed E-state index contributed by atoms with van der Waals surface area (Å²) in [4.78, 5) is 21.7. The monoisotopic (exact) mass is 271 g/mol. The van der Waals surface area contributed by atoms with Gasteiger partial charge in [-0.3, -0.25) is 13.8 Å². The molecule has 0 saturated carbocycles. The fourth-order valence-electron chi connectivity index (χ4n) is 1.21. The lowest BCUT2D eigenvalue weighted by atomic mass is 10.3. The Kier molecular flexibility index (Phi) is 5.31. The minimum Gasteiger partial charge on any atom is -0.497 e. The molecule has 0 aliphatic carbocycles. The van der Waals surface area contributed by atoms with Crippen LogP contribution in [-0.4, -0.2) is 39.8 Å². The fraction of sp³-hybridized carbons (Fsp3) is 0.273. The third-order valence-electron chi connectivity index (χ3n) is 1.95. The molecule has 1 atom stereocenters. The molecule has 1 amide bonds. The number of aliphatic carboxylic acids is 1. The molecule has 0 unspecified atom stereocenters. The van der Waals surface area contributed by atoms with Crippen molar-refractivity contribution >= 4 is 28.4 Å². The Labute approximate surface area is 106 Å². The van der Waals surface area contributed by atoms with E-state index in [2.05, 4.69) is 5.32 Å². The molecule has 1 aromatic carbocycles. The molecule has 0 bridgehead atoms. The van der Waals surface area contributed by atoms with E-state index >= 15 is 0 Å². The van der Waals surface area contributed by atoms with Gasteiger partial charge in [0.1, 0.15) is 17.3 Å². The van der Waals surface area contributed by atoms with Crippen LogP contribution < -0.4 is 10.1 Å². The van der Waals surface area contributed by atoms with Crippen LogP contribution in [0.15, 0.2) is 24.3 Å². The van der Waals surface area contributed by atoms with Crippen LogP contribution in [0.3, 0.4) is 0 Å². The lowest BCUT2D eigenvalue weighted by Crippen LogP contribution is -2.23. The van der Waals surface area contributed by atoms with Crippen molar-refractivity contribution in [2.75, 3.05) is 23.9 Å². The van der Waals surface area contributed by atoms with E-state index in [0.29, 0.717) is 11.4 Å². The fourth-order valence-corrected chi connectivity index (χ4v) is 1.95. The molecule has 0 radical (unpaired) electrons. The highest BCUT2D eigenvalue weighted by Crippen LogP contribution is 2.14. The molecule has 7 heteroatoms. The van der Waals surface area contributed by atoms with Crippen molar-refractivity contribution < 1.29 is 23.6 Å². The first-order valence-corrected chi connectivity index (χ1v) is 6.50. The smallest absolute Gasteiger partial charge is 0.316 e. The molecule has 2 N–H and O–H groups in total. The normalized spacial score (nSPS) is 11.6. The summed E-state index contributed by atoms with van der Waals surface area (Å²) in [7, 11) is -0.166. The van der Waals surface area contributed by atoms with Crippen molar-refractivity contribution in [3.8, 4) is 5.75 Å². The van der Waals surface area contributed by atoms with Crippen molar-refractivity contribution in [3.63, 3.8) is 0 Å². The van der Waals surface area contributed by atoms with Crippen LogP contribution in [0.2, 0.25) is 0 Å². The average molecular weight is 271 g/mol. The van der Waals surface area contributed by atoms with Gasteiger partial charge >= 0.3 is 5.97 Å². The second-order valence-corrected chi connectivity index (χ2v) is 4.86. The number of methoxy groups -OCH3 is 1. The first-order valence-electron chi connectivity index (χ1n) is 5.02. The highest BCUT2D eigenvalue weighted by molar-refractivity contribution is 7.86. The third kappa shape index (κ3) is 4.96. The zero-order valence-corrected chi connectivity index (χ0v) is 10.5. The van der Waals surface area contributed by atoms with Gasteiger partial charge in [-0.25, -0.2) is 0 Å². The molecule has 98 valence electrons. The zero-order valence-electron chi connectivity index (χ0n) is 9.71. The number of rotatable bonds is 6. The van der Waals surface area contributed by atoms with Crippen molar-refractivity contribution in [2.45, 2.75) is 0 Å². The van der Waals surface area contributed by atoms with Gasteiger partial charge in [-0.1, -0.05) is 0 Å². The van der Waals surface area contributed by atoms with Crippen molar-refractivity contribution in [3.05, 3.63) is 24.3 Å². The number of ether oxygens (including phenoxy) is 1. The first kappa shape index (κ1) is 14.2. The maximum absolute atomic E-state index is 11.4. The SMILES string of the molecule is COc1ccc(NC(=O)C[S@](=O)CC(=O)O)cc1. The van der Waals surface area contributed by atoms with Gasteiger partial charge in [0.25, 0.3) is 0 Å². The maximum atomic E-state index is 11.4. The molecule has 0 aliphatic heterocycles. The molecule has 0 saturated heterocycles. The Morgan fingerprint density at radius 1 is 1.28 bits per heavy atom. The summed E-state index contributed by atoms with van der Waals surface area (Å²) in [6.45, 7) is 0. The first-order chi connectivity index (χ1) is 8.51. The summed E-state index contributed by atoms with van der Waals surface area (Å²) < 4.78 is 16.2. The van der Waals surface area contributed by atoms with Crippen LogP contribution >= 0.6 is 0 Å². The van der Waals surface area contributed by atoms with Gasteiger partial charge in [-0.15, -0.1) is 0 Å². The Balaban J connectivity index is 2.48. The summed E-state index contributed by atoms with van der Waals surface area (Å²) in [5.74, 6) is -1.89. The van der Waals surface area contributed by atoms with Crippen molar-refractivity contribution in [1.29, 1.82) is 0 Å². The number of amides is 1. The van der Waals surface area contributed by atoms with Crippen LogP contribution in [0.25, 0.3) is 0 Å². The summed E-state index contributed by atoms with van der Waals surface area (Å²) in [5.41, 5.74) is 0.535. The van der Waals surface area contributed by atoms with Crippen molar-refractivity contribution in [2.24, 2.45) is 0 Å². The van der Waals surface area contributed by atoms with E-state index in [9.17, 15) is 13.8 Å². The number of benzene rings is 1. The summed E-state index contributed by atoms with van der Waals surface area (Å²) in [6.07, 6.45) is 0. The highest BCUT2D eigenvalue weighted by Gasteiger charge is 2.11. The number of hydrogen-bond donors (Lipinski definition) is 2. The number of carboxylic acid groups (broad SMARTS) is 1. The summed E-state index contributed by atoms with van der Waals surface area (Å²) in [6, 6.07) is 6.61. The number of carbonyl (C=O) groups is 2. The number of carboxylic acids is 1. The molecule has 0 aromatic heterocycles. The van der Waals surface area contributed by atoms with Crippen LogP contribution in [-0.2, 0) is 20.4 Å². The summed E-state index contributed by atoms with van der Waals surface area (Å²) >= 11 is 0. The number of anilines is 1. The summed E-state index contributed by atoms with van der Waals surface area (Å²) in [5, 5.41) is 10.9. The van der Waals surface area contributed by atoms with E-state index in [4.69, 9.17) is 9.84 Å². The maximum Gasteiger partial charge on any atom is 0.316 e. The van der Waals surface area contributed by atoms with E-state index < -0.39 is 28.4 Å². The van der Waals surface area contributed by atoms with Gasteiger partial charge in [-0.05, 0) is 24.3 Å². The average Bonchev–Trinajstić information content (AvgIpc) is 2.28. The molecule has 1 aromatic rings. The van der Waals surface area contributed by atoms with Gasteiger partial charge in [0, 0.05) is 16.5 Å². The largest absolute Gasteiger partial charge is 0.497 e. The minimum absolute atomic E-state index is 0.335. The van der Waals surface area contributed by atoms with Gasteiger partial charge in [0.05, 0.1) is 7.11 Å². The Bertz CT molecular complexity index is 457. The van der Waals surface area contributed by atoms with E-state index in [1.54, 1.807) is 24.3 Å². The van der Waals surface area contributed by atoms with E-state index in [0.717, 1.165) is 0 Å². The molecule has 6 nitrogen and oxygen atoms in total. The van der Waals surface area contributed by atoms with Crippen molar-refractivity contribution in [1.82, 2.24) is 0 Å². The van der Waals surface area contributed by atoms with Crippen LogP contribution in [0.5, 0.6) is 5.75 Å². The van der Waals surface area contributed by atoms with E-state index in [1.807, 2.05) is 0 Å². The highest BCUT2D eigenvalue weighted by atomic mass is 32.2. The molecule has 0 heterocycles. The quantitative estimate of drug-likeness (QED) is 0.784. The molecule has 1 rings (SSSR count). The molecule has 18 heavy (non-hydrogen) atoms. The standard InChI is InChI=1S/C11H13NO5S/c1-17-9-4-2-8(3-5-9)12-10(13)6-18(16)7-11(14)15/h2-5H,6-7H2,1H3,(H,12,13)(H,14,15)/t18-/m0/s1. The second kappa shape index (κ2) is 6.75. The topological polar surface area (TPSA) is 92.7 Å². The predicted octanol–water partition coefficient (Wildman–Crippen LogP) is 0.467. The molecule has 0 aliphatic rings. The lowest BCUT2D eigenvalue weighted by Gasteiger charge is -2.05. The van der Waals surface area contributed by atoms with Gasteiger partial charge < -0.3 is 15.2 Å². The second-order valence-electron chi connectivity index (χ2n) is 3.40. The van der Waals surface area contributed by atoms with E-state index in [1.165, 1.54) is 7.11 Å². The van der Waals surface area contributed by atoms with Crippen LogP contribution in [0, 0.1) is 0 Å². The number of nitrogens with one attached hydrogen (secondary N) is 1. The third-order valence-corrected chi connectivity index (χ3v) is 3.10. The zero-order chi connectivity index (χ0) is 13.5. The van der Waals surface area contributed by atoms with Gasteiger partial charge in [-0.2, -0.15) is 0 Å². The van der Waals surface area contributed by atoms with Gasteiger partial charge in [0.15, 0.2) is 0 Å². The molecule has 0 spiro atoms.